The monoisotopic (exact) mass is 149 g/mol. The summed E-state index contributed by atoms with van der Waals surface area (Å²) in [6.45, 7) is 6.40. The first-order valence-corrected chi connectivity index (χ1v) is 3.78. The van der Waals surface area contributed by atoms with E-state index in [0.717, 1.165) is 0 Å². The molecule has 11 heavy (non-hydrogen) atoms. The largest absolute Gasteiger partial charge is 0.872 e. The van der Waals surface area contributed by atoms with Gasteiger partial charge in [-0.3, -0.25) is 0 Å². The fraction of sp³-hybridized carbons (Fsp3) is 0.400. The lowest BCUT2D eigenvalue weighted by atomic mass is 9.87. The number of rotatable bonds is 0. The Labute approximate surface area is 67.7 Å². The quantitative estimate of drug-likeness (QED) is 0.553. The summed E-state index contributed by atoms with van der Waals surface area (Å²) in [5.41, 5.74) is 1.35. The molecule has 0 atom stereocenters. The minimum atomic E-state index is 0.0815. The standard InChI is InChI=1S/C10H14O/c1-10(2,3)8-4-6-9(11)7-5-8/h4-7,11H,1-3H3/p-1. The number of hydrogen-bond donors (Lipinski definition) is 0. The second-order valence-electron chi connectivity index (χ2n) is 3.77. The molecule has 1 aromatic carbocycles. The maximum atomic E-state index is 10.7. The van der Waals surface area contributed by atoms with Crippen molar-refractivity contribution in [2.24, 2.45) is 0 Å². The molecule has 0 aliphatic heterocycles. The minimum absolute atomic E-state index is 0.0815. The predicted octanol–water partition coefficient (Wildman–Crippen LogP) is 2.06. The first-order chi connectivity index (χ1) is 5.00. The Morgan fingerprint density at radius 1 is 1.00 bits per heavy atom. The van der Waals surface area contributed by atoms with Crippen molar-refractivity contribution in [3.63, 3.8) is 0 Å². The highest BCUT2D eigenvalue weighted by molar-refractivity contribution is 5.29. The lowest BCUT2D eigenvalue weighted by molar-refractivity contribution is -0.268. The fourth-order valence-corrected chi connectivity index (χ4v) is 0.955. The molecular formula is C10H13O-. The molecule has 0 heterocycles. The zero-order valence-electron chi connectivity index (χ0n) is 7.22. The van der Waals surface area contributed by atoms with Gasteiger partial charge in [0.15, 0.2) is 0 Å². The molecule has 0 fully saturated rings. The molecule has 1 aromatic rings. The van der Waals surface area contributed by atoms with E-state index in [2.05, 4.69) is 20.8 Å². The van der Waals surface area contributed by atoms with Crippen LogP contribution in [0.5, 0.6) is 5.75 Å². The van der Waals surface area contributed by atoms with E-state index in [0.29, 0.717) is 0 Å². The molecule has 0 aromatic heterocycles. The van der Waals surface area contributed by atoms with Gasteiger partial charge < -0.3 is 5.11 Å². The zero-order valence-corrected chi connectivity index (χ0v) is 7.22. The van der Waals surface area contributed by atoms with Crippen LogP contribution < -0.4 is 5.11 Å². The Hall–Kier alpha value is -0.980. The Balaban J connectivity index is 2.99. The molecule has 1 rings (SSSR count). The first kappa shape index (κ1) is 8.12. The van der Waals surface area contributed by atoms with Gasteiger partial charge in [-0.25, -0.2) is 0 Å². The van der Waals surface area contributed by atoms with Gasteiger partial charge in [0.25, 0.3) is 0 Å². The maximum absolute atomic E-state index is 10.7. The van der Waals surface area contributed by atoms with Gasteiger partial charge in [-0.2, -0.15) is 0 Å². The van der Waals surface area contributed by atoms with Gasteiger partial charge in [0.2, 0.25) is 0 Å². The highest BCUT2D eigenvalue weighted by Crippen LogP contribution is 2.22. The van der Waals surface area contributed by atoms with Crippen LogP contribution in [-0.4, -0.2) is 0 Å². The summed E-state index contributed by atoms with van der Waals surface area (Å²) in [6, 6.07) is 7.01. The van der Waals surface area contributed by atoms with Gasteiger partial charge in [0.1, 0.15) is 0 Å². The van der Waals surface area contributed by atoms with Crippen molar-refractivity contribution in [3.8, 4) is 5.75 Å². The topological polar surface area (TPSA) is 23.1 Å². The molecule has 0 N–H and O–H groups in total. The molecule has 0 aliphatic rings. The molecule has 0 unspecified atom stereocenters. The second-order valence-corrected chi connectivity index (χ2v) is 3.77. The summed E-state index contributed by atoms with van der Waals surface area (Å²) in [5.74, 6) is 0.0815. The zero-order chi connectivity index (χ0) is 8.48. The molecule has 0 saturated heterocycles. The molecular weight excluding hydrogens is 136 g/mol. The van der Waals surface area contributed by atoms with Crippen LogP contribution in [0.4, 0.5) is 0 Å². The van der Waals surface area contributed by atoms with E-state index in [4.69, 9.17) is 0 Å². The van der Waals surface area contributed by atoms with Gasteiger partial charge in [-0.1, -0.05) is 45.0 Å². The van der Waals surface area contributed by atoms with E-state index in [1.807, 2.05) is 12.1 Å². The summed E-state index contributed by atoms with van der Waals surface area (Å²) in [4.78, 5) is 0. The van der Waals surface area contributed by atoms with Crippen molar-refractivity contribution in [2.45, 2.75) is 26.2 Å². The van der Waals surface area contributed by atoms with Gasteiger partial charge >= 0.3 is 0 Å². The third-order valence-corrected chi connectivity index (χ3v) is 1.72. The molecule has 0 bridgehead atoms. The van der Waals surface area contributed by atoms with Gasteiger partial charge in [-0.05, 0) is 11.0 Å². The van der Waals surface area contributed by atoms with Crippen LogP contribution in [0.25, 0.3) is 0 Å². The van der Waals surface area contributed by atoms with E-state index >= 15 is 0 Å². The van der Waals surface area contributed by atoms with Crippen molar-refractivity contribution in [3.05, 3.63) is 29.8 Å². The molecule has 0 saturated carbocycles. The lowest BCUT2D eigenvalue weighted by Crippen LogP contribution is -2.10. The molecule has 0 aliphatic carbocycles. The molecule has 0 amide bonds. The smallest absolute Gasteiger partial charge is 0.0132 e. The lowest BCUT2D eigenvalue weighted by Gasteiger charge is -2.19. The van der Waals surface area contributed by atoms with E-state index in [1.54, 1.807) is 12.1 Å². The Morgan fingerprint density at radius 2 is 1.45 bits per heavy atom. The molecule has 1 heteroatoms. The summed E-state index contributed by atoms with van der Waals surface area (Å²) in [6.07, 6.45) is 0. The Morgan fingerprint density at radius 3 is 1.82 bits per heavy atom. The SMILES string of the molecule is CC(C)(C)c1ccc([O-])cc1. The fourth-order valence-electron chi connectivity index (χ4n) is 0.955. The second kappa shape index (κ2) is 2.57. The van der Waals surface area contributed by atoms with Crippen molar-refractivity contribution >= 4 is 0 Å². The summed E-state index contributed by atoms with van der Waals surface area (Å²) in [5, 5.41) is 10.7. The van der Waals surface area contributed by atoms with Crippen LogP contribution in [0.15, 0.2) is 24.3 Å². The van der Waals surface area contributed by atoms with Crippen LogP contribution in [-0.2, 0) is 5.41 Å². The third kappa shape index (κ3) is 1.97. The summed E-state index contributed by atoms with van der Waals surface area (Å²) < 4.78 is 0. The average Bonchev–Trinajstić information content (AvgIpc) is 1.86. The highest BCUT2D eigenvalue weighted by atomic mass is 16.3. The molecule has 60 valence electrons. The Kier molecular flexibility index (Phi) is 1.90. The summed E-state index contributed by atoms with van der Waals surface area (Å²) in [7, 11) is 0. The minimum Gasteiger partial charge on any atom is -0.872 e. The van der Waals surface area contributed by atoms with E-state index < -0.39 is 0 Å². The van der Waals surface area contributed by atoms with Gasteiger partial charge in [0.05, 0.1) is 0 Å². The van der Waals surface area contributed by atoms with E-state index in [-0.39, 0.29) is 11.2 Å². The van der Waals surface area contributed by atoms with E-state index in [9.17, 15) is 5.11 Å². The number of benzene rings is 1. The normalized spacial score (nSPS) is 11.5. The van der Waals surface area contributed by atoms with Crippen LogP contribution in [0.2, 0.25) is 0 Å². The van der Waals surface area contributed by atoms with Crippen molar-refractivity contribution in [2.75, 3.05) is 0 Å². The van der Waals surface area contributed by atoms with Gasteiger partial charge in [0, 0.05) is 0 Å². The predicted molar refractivity (Wildman–Crippen MR) is 44.6 cm³/mol. The van der Waals surface area contributed by atoms with Crippen LogP contribution in [0, 0.1) is 0 Å². The van der Waals surface area contributed by atoms with E-state index in [1.165, 1.54) is 5.56 Å². The van der Waals surface area contributed by atoms with Crippen molar-refractivity contribution in [1.29, 1.82) is 0 Å². The molecule has 1 nitrogen and oxygen atoms in total. The van der Waals surface area contributed by atoms with Gasteiger partial charge in [-0.15, -0.1) is 5.75 Å². The van der Waals surface area contributed by atoms with Crippen LogP contribution >= 0.6 is 0 Å². The number of hydrogen-bond acceptors (Lipinski definition) is 1. The van der Waals surface area contributed by atoms with Crippen molar-refractivity contribution in [1.82, 2.24) is 0 Å². The highest BCUT2D eigenvalue weighted by Gasteiger charge is 2.11. The van der Waals surface area contributed by atoms with Crippen LogP contribution in [0.1, 0.15) is 26.3 Å². The maximum Gasteiger partial charge on any atom is -0.0132 e. The Bertz CT molecular complexity index is 228. The molecule has 0 radical (unpaired) electrons. The molecule has 0 spiro atoms. The average molecular weight is 149 g/mol. The summed E-state index contributed by atoms with van der Waals surface area (Å²) >= 11 is 0. The van der Waals surface area contributed by atoms with Crippen LogP contribution in [0.3, 0.4) is 0 Å². The first-order valence-electron chi connectivity index (χ1n) is 3.78. The van der Waals surface area contributed by atoms with Crippen molar-refractivity contribution < 1.29 is 5.11 Å². The third-order valence-electron chi connectivity index (χ3n) is 1.72.